The van der Waals surface area contributed by atoms with Crippen LogP contribution in [0.3, 0.4) is 0 Å². The minimum Gasteiger partial charge on any atom is -0.392 e. The first kappa shape index (κ1) is 12.2. The molecular formula is C16H20OS. The van der Waals surface area contributed by atoms with Gasteiger partial charge in [0.1, 0.15) is 0 Å². The van der Waals surface area contributed by atoms with Crippen LogP contribution in [0, 0.1) is 11.8 Å². The zero-order valence-electron chi connectivity index (χ0n) is 10.8. The van der Waals surface area contributed by atoms with Gasteiger partial charge in [-0.05, 0) is 47.1 Å². The molecule has 18 heavy (non-hydrogen) atoms. The average Bonchev–Trinajstić information content (AvgIpc) is 2.97. The normalized spacial score (nSPS) is 25.7. The van der Waals surface area contributed by atoms with E-state index in [0.29, 0.717) is 5.92 Å². The lowest BCUT2D eigenvalue weighted by Crippen LogP contribution is -2.20. The quantitative estimate of drug-likeness (QED) is 0.875. The average molecular weight is 260 g/mol. The summed E-state index contributed by atoms with van der Waals surface area (Å²) in [5.41, 5.74) is 1.32. The molecule has 1 aromatic carbocycles. The van der Waals surface area contributed by atoms with Crippen molar-refractivity contribution in [2.75, 3.05) is 0 Å². The van der Waals surface area contributed by atoms with Crippen molar-refractivity contribution in [3.8, 4) is 0 Å². The van der Waals surface area contributed by atoms with E-state index in [9.17, 15) is 5.11 Å². The van der Waals surface area contributed by atoms with Crippen LogP contribution in [0.5, 0.6) is 0 Å². The van der Waals surface area contributed by atoms with Crippen molar-refractivity contribution in [3.05, 3.63) is 35.2 Å². The molecule has 96 valence electrons. The van der Waals surface area contributed by atoms with Crippen LogP contribution in [-0.4, -0.2) is 11.2 Å². The molecule has 1 aliphatic rings. The van der Waals surface area contributed by atoms with Crippen molar-refractivity contribution in [3.63, 3.8) is 0 Å². The van der Waals surface area contributed by atoms with E-state index in [1.54, 1.807) is 11.3 Å². The highest BCUT2D eigenvalue weighted by atomic mass is 32.1. The van der Waals surface area contributed by atoms with Crippen molar-refractivity contribution in [1.82, 2.24) is 0 Å². The lowest BCUT2D eigenvalue weighted by molar-refractivity contribution is 0.109. The van der Waals surface area contributed by atoms with Crippen molar-refractivity contribution in [2.24, 2.45) is 11.8 Å². The van der Waals surface area contributed by atoms with E-state index >= 15 is 0 Å². The molecule has 1 heterocycles. The summed E-state index contributed by atoms with van der Waals surface area (Å²) in [6.45, 7) is 2.30. The van der Waals surface area contributed by atoms with E-state index in [1.165, 1.54) is 34.9 Å². The molecule has 1 aromatic heterocycles. The fourth-order valence-electron chi connectivity index (χ4n) is 3.18. The Hall–Kier alpha value is -0.860. The van der Waals surface area contributed by atoms with Gasteiger partial charge in [0, 0.05) is 11.1 Å². The molecule has 1 aliphatic carbocycles. The van der Waals surface area contributed by atoms with Gasteiger partial charge in [0.25, 0.3) is 0 Å². The summed E-state index contributed by atoms with van der Waals surface area (Å²) >= 11 is 1.79. The molecule has 0 radical (unpaired) electrons. The summed E-state index contributed by atoms with van der Waals surface area (Å²) in [4.78, 5) is 0. The number of thiophene rings is 1. The number of benzene rings is 1. The third-order valence-corrected chi connectivity index (χ3v) is 5.28. The summed E-state index contributed by atoms with van der Waals surface area (Å²) in [5, 5.41) is 13.9. The van der Waals surface area contributed by atoms with Gasteiger partial charge in [0.15, 0.2) is 0 Å². The standard InChI is InChI=1S/C16H20OS/c1-11-6-7-12(8-11)15(17)9-13-10-18-16-5-3-2-4-14(13)16/h2-5,10-12,15,17H,6-9H2,1H3. The lowest BCUT2D eigenvalue weighted by Gasteiger charge is -2.17. The molecule has 0 spiro atoms. The van der Waals surface area contributed by atoms with Crippen molar-refractivity contribution < 1.29 is 5.11 Å². The second-order valence-electron chi connectivity index (χ2n) is 5.71. The van der Waals surface area contributed by atoms with Gasteiger partial charge < -0.3 is 5.11 Å². The SMILES string of the molecule is CC1CCC(C(O)Cc2csc3ccccc23)C1. The maximum absolute atomic E-state index is 10.4. The molecule has 2 aromatic rings. The highest BCUT2D eigenvalue weighted by molar-refractivity contribution is 7.17. The maximum atomic E-state index is 10.4. The van der Waals surface area contributed by atoms with E-state index in [2.05, 4.69) is 36.6 Å². The second kappa shape index (κ2) is 5.02. The molecule has 0 aliphatic heterocycles. The van der Waals surface area contributed by atoms with Crippen LogP contribution in [0.15, 0.2) is 29.6 Å². The molecule has 0 bridgehead atoms. The molecule has 3 unspecified atom stereocenters. The Bertz CT molecular complexity index is 531. The van der Waals surface area contributed by atoms with Gasteiger partial charge in [-0.25, -0.2) is 0 Å². The van der Waals surface area contributed by atoms with Crippen molar-refractivity contribution in [1.29, 1.82) is 0 Å². The molecule has 2 heteroatoms. The van der Waals surface area contributed by atoms with E-state index < -0.39 is 0 Å². The third kappa shape index (κ3) is 2.32. The van der Waals surface area contributed by atoms with Gasteiger partial charge in [-0.1, -0.05) is 31.5 Å². The topological polar surface area (TPSA) is 20.2 Å². The Morgan fingerprint density at radius 3 is 2.94 bits per heavy atom. The number of aliphatic hydroxyl groups excluding tert-OH is 1. The van der Waals surface area contributed by atoms with Crippen LogP contribution in [0.1, 0.15) is 31.7 Å². The van der Waals surface area contributed by atoms with Gasteiger partial charge in [-0.2, -0.15) is 0 Å². The van der Waals surface area contributed by atoms with Gasteiger partial charge in [0.05, 0.1) is 6.10 Å². The van der Waals surface area contributed by atoms with Crippen LogP contribution in [0.4, 0.5) is 0 Å². The minimum atomic E-state index is -0.159. The van der Waals surface area contributed by atoms with E-state index in [0.717, 1.165) is 12.3 Å². The monoisotopic (exact) mass is 260 g/mol. The second-order valence-corrected chi connectivity index (χ2v) is 6.62. The first-order chi connectivity index (χ1) is 8.74. The molecular weight excluding hydrogens is 240 g/mol. The number of fused-ring (bicyclic) bond motifs is 1. The summed E-state index contributed by atoms with van der Waals surface area (Å²) in [6, 6.07) is 8.50. The third-order valence-electron chi connectivity index (χ3n) is 4.27. The van der Waals surface area contributed by atoms with Crippen LogP contribution >= 0.6 is 11.3 Å². The summed E-state index contributed by atoms with van der Waals surface area (Å²) in [7, 11) is 0. The molecule has 1 fully saturated rings. The van der Waals surface area contributed by atoms with E-state index in [-0.39, 0.29) is 6.10 Å². The molecule has 1 N–H and O–H groups in total. The number of hydrogen-bond acceptors (Lipinski definition) is 2. The zero-order chi connectivity index (χ0) is 12.5. The maximum Gasteiger partial charge on any atom is 0.0609 e. The largest absolute Gasteiger partial charge is 0.392 e. The van der Waals surface area contributed by atoms with Crippen LogP contribution in [0.25, 0.3) is 10.1 Å². The molecule has 1 saturated carbocycles. The zero-order valence-corrected chi connectivity index (χ0v) is 11.6. The summed E-state index contributed by atoms with van der Waals surface area (Å²) in [5.74, 6) is 1.31. The Balaban J connectivity index is 1.76. The highest BCUT2D eigenvalue weighted by Crippen LogP contribution is 2.35. The Labute approximate surface area is 112 Å². The number of rotatable bonds is 3. The van der Waals surface area contributed by atoms with Crippen molar-refractivity contribution >= 4 is 21.4 Å². The minimum absolute atomic E-state index is 0.159. The molecule has 3 atom stereocenters. The lowest BCUT2D eigenvalue weighted by atomic mass is 9.94. The summed E-state index contributed by atoms with van der Waals surface area (Å²) in [6.07, 6.45) is 4.34. The van der Waals surface area contributed by atoms with Gasteiger partial charge >= 0.3 is 0 Å². The fourth-order valence-corrected chi connectivity index (χ4v) is 4.16. The molecule has 1 nitrogen and oxygen atoms in total. The van der Waals surface area contributed by atoms with E-state index in [4.69, 9.17) is 0 Å². The Morgan fingerprint density at radius 1 is 1.33 bits per heavy atom. The highest BCUT2D eigenvalue weighted by Gasteiger charge is 2.27. The van der Waals surface area contributed by atoms with E-state index in [1.807, 2.05) is 0 Å². The van der Waals surface area contributed by atoms with Gasteiger partial charge in [0.2, 0.25) is 0 Å². The first-order valence-corrected chi connectivity index (χ1v) is 7.75. The van der Waals surface area contributed by atoms with Gasteiger partial charge in [-0.3, -0.25) is 0 Å². The summed E-state index contributed by atoms with van der Waals surface area (Å²) < 4.78 is 1.33. The number of aliphatic hydroxyl groups is 1. The smallest absolute Gasteiger partial charge is 0.0609 e. The molecule has 0 saturated heterocycles. The fraction of sp³-hybridized carbons (Fsp3) is 0.500. The number of hydrogen-bond donors (Lipinski definition) is 1. The van der Waals surface area contributed by atoms with Crippen LogP contribution in [-0.2, 0) is 6.42 Å². The van der Waals surface area contributed by atoms with Crippen LogP contribution < -0.4 is 0 Å². The van der Waals surface area contributed by atoms with Crippen molar-refractivity contribution in [2.45, 2.75) is 38.7 Å². The first-order valence-electron chi connectivity index (χ1n) is 6.87. The Kier molecular flexibility index (Phi) is 3.40. The Morgan fingerprint density at radius 2 is 2.17 bits per heavy atom. The predicted molar refractivity (Wildman–Crippen MR) is 78.0 cm³/mol. The molecule has 3 rings (SSSR count). The molecule has 0 amide bonds. The van der Waals surface area contributed by atoms with Crippen LogP contribution in [0.2, 0.25) is 0 Å². The van der Waals surface area contributed by atoms with Gasteiger partial charge in [-0.15, -0.1) is 11.3 Å². The predicted octanol–water partition coefficient (Wildman–Crippen LogP) is 4.24.